The van der Waals surface area contributed by atoms with E-state index in [9.17, 15) is 29.7 Å². The van der Waals surface area contributed by atoms with Gasteiger partial charge in [0.1, 0.15) is 11.4 Å². The highest BCUT2D eigenvalue weighted by molar-refractivity contribution is 5.77. The molecule has 2 aromatic rings. The highest BCUT2D eigenvalue weighted by Crippen LogP contribution is 2.16. The van der Waals surface area contributed by atoms with Crippen LogP contribution in [0.2, 0.25) is 0 Å². The summed E-state index contributed by atoms with van der Waals surface area (Å²) in [6, 6.07) is 14.7. The Morgan fingerprint density at radius 1 is 0.867 bits per heavy atom. The van der Waals surface area contributed by atoms with E-state index in [0.717, 1.165) is 11.1 Å². The van der Waals surface area contributed by atoms with Gasteiger partial charge in [0.25, 0.3) is 5.91 Å². The molecule has 0 radical (unpaired) electrons. The lowest BCUT2D eigenvalue weighted by molar-refractivity contribution is -0.137. The first-order valence-electron chi connectivity index (χ1n) is 15.1. The van der Waals surface area contributed by atoms with Gasteiger partial charge in [0, 0.05) is 26.2 Å². The van der Waals surface area contributed by atoms with E-state index < -0.39 is 42.1 Å². The maximum atomic E-state index is 12.6. The monoisotopic (exact) mass is 630 g/mol. The molecule has 3 rings (SSSR count). The van der Waals surface area contributed by atoms with Crippen molar-refractivity contribution >= 4 is 18.1 Å². The molecule has 1 saturated heterocycles. The number of carbonyl (C=O) groups is 3. The molecule has 0 bridgehead atoms. The van der Waals surface area contributed by atoms with Gasteiger partial charge in [-0.2, -0.15) is 0 Å². The summed E-state index contributed by atoms with van der Waals surface area (Å²) in [6.07, 6.45) is -3.60. The topological polar surface area (TPSA) is 179 Å². The fourth-order valence-electron chi connectivity index (χ4n) is 4.74. The van der Waals surface area contributed by atoms with Gasteiger partial charge in [-0.1, -0.05) is 42.5 Å². The van der Waals surface area contributed by atoms with E-state index in [2.05, 4.69) is 16.0 Å². The predicted molar refractivity (Wildman–Crippen MR) is 166 cm³/mol. The molecule has 1 aliphatic heterocycles. The minimum absolute atomic E-state index is 0.00645. The van der Waals surface area contributed by atoms with Gasteiger partial charge in [-0.15, -0.1) is 0 Å². The molecule has 6 N–H and O–H groups in total. The third-order valence-electron chi connectivity index (χ3n) is 7.05. The number of rotatable bonds is 15. The first kappa shape index (κ1) is 35.6. The molecule has 0 spiro atoms. The Balaban J connectivity index is 1.58. The van der Waals surface area contributed by atoms with Crippen LogP contribution >= 0.6 is 0 Å². The number of hydrogen-bond donors (Lipinski definition) is 6. The van der Waals surface area contributed by atoms with Crippen molar-refractivity contribution in [3.8, 4) is 5.75 Å². The van der Waals surface area contributed by atoms with Crippen molar-refractivity contribution in [3.05, 3.63) is 65.7 Å². The van der Waals surface area contributed by atoms with Crippen LogP contribution in [0.1, 0.15) is 31.9 Å². The third kappa shape index (κ3) is 13.3. The molecular weight excluding hydrogens is 584 g/mol. The van der Waals surface area contributed by atoms with Crippen molar-refractivity contribution in [2.45, 2.75) is 63.5 Å². The van der Waals surface area contributed by atoms with Crippen LogP contribution in [0.3, 0.4) is 0 Å². The zero-order valence-electron chi connectivity index (χ0n) is 26.1. The van der Waals surface area contributed by atoms with Gasteiger partial charge in [-0.05, 0) is 56.9 Å². The number of benzene rings is 2. The zero-order valence-corrected chi connectivity index (χ0v) is 26.1. The van der Waals surface area contributed by atoms with Crippen LogP contribution in [0.4, 0.5) is 9.59 Å². The van der Waals surface area contributed by atoms with E-state index in [1.54, 1.807) is 49.9 Å². The molecule has 0 aromatic heterocycles. The minimum Gasteiger partial charge on any atom is -0.484 e. The number of aliphatic hydroxyl groups excluding tert-OH is 2. The molecule has 1 unspecified atom stereocenters. The second-order valence-corrected chi connectivity index (χ2v) is 11.9. The molecule has 4 atom stereocenters. The summed E-state index contributed by atoms with van der Waals surface area (Å²) in [4.78, 5) is 38.0. The van der Waals surface area contributed by atoms with Crippen LogP contribution in [0, 0.1) is 0 Å². The summed E-state index contributed by atoms with van der Waals surface area (Å²) in [5, 5.41) is 39.2. The standard InChI is InChI=1S/C32H46N4O9/c1-32(2,3)45-31(42)35-26(18-23-9-11-24(12-10-23)44-21-29(39)36-13-15-43-16-14-36)28(38)20-33-19-27(37)25(34-30(40)41)17-22-7-5-4-6-8-22/h4-12,25-28,33-34,37-38H,13-21H2,1-3H3,(H,35,42)(H,40,41)/t25-,26+,27-,28?/m0/s1. The van der Waals surface area contributed by atoms with Crippen LogP contribution < -0.4 is 20.7 Å². The van der Waals surface area contributed by atoms with Crippen LogP contribution in [-0.2, 0) is 27.1 Å². The Bertz CT molecular complexity index is 1200. The number of alkyl carbamates (subject to hydrolysis) is 1. The molecule has 13 nitrogen and oxygen atoms in total. The lowest BCUT2D eigenvalue weighted by Crippen LogP contribution is -2.52. The lowest BCUT2D eigenvalue weighted by atomic mass is 10.00. The predicted octanol–water partition coefficient (Wildman–Crippen LogP) is 1.55. The van der Waals surface area contributed by atoms with Crippen LogP contribution in [0.25, 0.3) is 0 Å². The molecule has 1 heterocycles. The summed E-state index contributed by atoms with van der Waals surface area (Å²) in [7, 11) is 0. The summed E-state index contributed by atoms with van der Waals surface area (Å²) in [5.41, 5.74) is 0.900. The number of hydrogen-bond acceptors (Lipinski definition) is 9. The first-order chi connectivity index (χ1) is 21.4. The Kier molecular flexibility index (Phi) is 13.9. The maximum Gasteiger partial charge on any atom is 0.407 e. The van der Waals surface area contributed by atoms with Gasteiger partial charge in [0.2, 0.25) is 0 Å². The average Bonchev–Trinajstić information content (AvgIpc) is 2.99. The SMILES string of the molecule is CC(C)(C)OC(=O)N[C@H](Cc1ccc(OCC(=O)N2CCOCC2)cc1)C(O)CNC[C@H](O)[C@H](Cc1ccccc1)NC(=O)O. The highest BCUT2D eigenvalue weighted by atomic mass is 16.6. The number of nitrogens with zero attached hydrogens (tertiary/aromatic N) is 1. The molecule has 1 fully saturated rings. The van der Waals surface area contributed by atoms with Crippen molar-refractivity contribution < 1.29 is 43.9 Å². The third-order valence-corrected chi connectivity index (χ3v) is 7.05. The molecule has 13 heteroatoms. The van der Waals surface area contributed by atoms with Gasteiger partial charge >= 0.3 is 12.2 Å². The van der Waals surface area contributed by atoms with Crippen molar-refractivity contribution in [1.29, 1.82) is 0 Å². The van der Waals surface area contributed by atoms with Crippen molar-refractivity contribution in [2.75, 3.05) is 46.0 Å². The van der Waals surface area contributed by atoms with Gasteiger partial charge in [-0.3, -0.25) is 4.79 Å². The molecule has 1 aliphatic rings. The fourth-order valence-corrected chi connectivity index (χ4v) is 4.74. The van der Waals surface area contributed by atoms with E-state index in [1.807, 2.05) is 30.3 Å². The highest BCUT2D eigenvalue weighted by Gasteiger charge is 2.27. The zero-order chi connectivity index (χ0) is 32.8. The molecule has 248 valence electrons. The molecule has 0 saturated carbocycles. The molecule has 0 aliphatic carbocycles. The van der Waals surface area contributed by atoms with Gasteiger partial charge in [0.15, 0.2) is 6.61 Å². The quantitative estimate of drug-likeness (QED) is 0.169. The normalized spacial score (nSPS) is 16.2. The van der Waals surface area contributed by atoms with Crippen molar-refractivity contribution in [3.63, 3.8) is 0 Å². The Labute approximate surface area is 263 Å². The summed E-state index contributed by atoms with van der Waals surface area (Å²) >= 11 is 0. The van der Waals surface area contributed by atoms with Crippen molar-refractivity contribution in [2.24, 2.45) is 0 Å². The maximum absolute atomic E-state index is 12.6. The first-order valence-corrected chi connectivity index (χ1v) is 15.1. The van der Waals surface area contributed by atoms with E-state index in [4.69, 9.17) is 14.2 Å². The number of aliphatic hydroxyl groups is 2. The van der Waals surface area contributed by atoms with Crippen LogP contribution in [-0.4, -0.2) is 114 Å². The summed E-state index contributed by atoms with van der Waals surface area (Å²) in [6.45, 7) is 7.20. The number of morpholine rings is 1. The molecule has 3 amide bonds. The number of amides is 3. The number of carbonyl (C=O) groups excluding carboxylic acids is 2. The Hall–Kier alpha value is -3.91. The smallest absolute Gasteiger partial charge is 0.407 e. The van der Waals surface area contributed by atoms with Crippen LogP contribution in [0.15, 0.2) is 54.6 Å². The summed E-state index contributed by atoms with van der Waals surface area (Å²) in [5.74, 6) is 0.392. The van der Waals surface area contributed by atoms with Crippen molar-refractivity contribution in [1.82, 2.24) is 20.9 Å². The van der Waals surface area contributed by atoms with E-state index >= 15 is 0 Å². The van der Waals surface area contributed by atoms with Gasteiger partial charge < -0.3 is 50.4 Å². The van der Waals surface area contributed by atoms with Gasteiger partial charge in [-0.25, -0.2) is 9.59 Å². The fraction of sp³-hybridized carbons (Fsp3) is 0.531. The Morgan fingerprint density at radius 3 is 1.98 bits per heavy atom. The Morgan fingerprint density at radius 2 is 1.42 bits per heavy atom. The number of ether oxygens (including phenoxy) is 3. The average molecular weight is 631 g/mol. The molecule has 2 aromatic carbocycles. The van der Waals surface area contributed by atoms with E-state index in [-0.39, 0.29) is 38.4 Å². The number of nitrogens with one attached hydrogen (secondary N) is 3. The molecule has 45 heavy (non-hydrogen) atoms. The van der Waals surface area contributed by atoms with E-state index in [0.29, 0.717) is 32.1 Å². The summed E-state index contributed by atoms with van der Waals surface area (Å²) < 4.78 is 16.3. The second kappa shape index (κ2) is 17.5. The number of carboxylic acid groups (broad SMARTS) is 1. The molecular formula is C32H46N4O9. The lowest BCUT2D eigenvalue weighted by Gasteiger charge is -2.28. The van der Waals surface area contributed by atoms with Crippen LogP contribution in [0.5, 0.6) is 5.75 Å². The van der Waals surface area contributed by atoms with E-state index in [1.165, 1.54) is 0 Å². The minimum atomic E-state index is -1.25. The second-order valence-electron chi connectivity index (χ2n) is 11.9. The van der Waals surface area contributed by atoms with Gasteiger partial charge in [0.05, 0.1) is 37.5 Å². The largest absolute Gasteiger partial charge is 0.484 e.